The van der Waals surface area contributed by atoms with Gasteiger partial charge >= 0.3 is 0 Å². The molecule has 164 valence electrons. The van der Waals surface area contributed by atoms with E-state index >= 15 is 0 Å². The van der Waals surface area contributed by atoms with E-state index in [2.05, 4.69) is 27.3 Å². The van der Waals surface area contributed by atoms with Crippen molar-refractivity contribution in [2.24, 2.45) is 4.99 Å². The van der Waals surface area contributed by atoms with Gasteiger partial charge < -0.3 is 9.73 Å². The Morgan fingerprint density at radius 3 is 2.73 bits per heavy atom. The molecule has 1 N–H and O–H groups in total. The van der Waals surface area contributed by atoms with Gasteiger partial charge in [0.2, 0.25) is 5.55 Å². The second-order valence-corrected chi connectivity index (χ2v) is 10.1. The second kappa shape index (κ2) is 8.97. The number of anilines is 1. The maximum atomic E-state index is 13.3. The van der Waals surface area contributed by atoms with Crippen molar-refractivity contribution in [3.8, 4) is 6.07 Å². The van der Waals surface area contributed by atoms with Crippen molar-refractivity contribution in [2.75, 3.05) is 5.32 Å². The van der Waals surface area contributed by atoms with Gasteiger partial charge in [-0.25, -0.2) is 4.99 Å². The third-order valence-electron chi connectivity index (χ3n) is 5.73. The lowest BCUT2D eigenvalue weighted by Crippen LogP contribution is -2.21. The number of amides is 1. The maximum Gasteiger partial charge on any atom is 0.261 e. The summed E-state index contributed by atoms with van der Waals surface area (Å²) in [4.78, 5) is 19.2. The molecule has 0 atom stereocenters. The number of halogens is 1. The molecule has 1 aliphatic carbocycles. The smallest absolute Gasteiger partial charge is 0.261 e. The second-order valence-electron chi connectivity index (χ2n) is 8.08. The summed E-state index contributed by atoms with van der Waals surface area (Å²) in [7, 11) is 0. The lowest BCUT2D eigenvalue weighted by Gasteiger charge is -2.09. The number of nitrogens with one attached hydrogen (secondary N) is 1. The number of carbonyl (C=O) groups is 1. The van der Waals surface area contributed by atoms with Crippen molar-refractivity contribution < 1.29 is 9.21 Å². The fourth-order valence-corrected chi connectivity index (χ4v) is 5.61. The highest BCUT2D eigenvalue weighted by Gasteiger charge is 2.21. The first-order valence-corrected chi connectivity index (χ1v) is 12.3. The summed E-state index contributed by atoms with van der Waals surface area (Å²) in [5.74, 6) is -0.317. The Hall–Kier alpha value is -3.21. The normalized spacial score (nSPS) is 13.5. The zero-order valence-corrected chi connectivity index (χ0v) is 20.3. The third kappa shape index (κ3) is 4.37. The van der Waals surface area contributed by atoms with E-state index in [4.69, 9.17) is 9.41 Å². The first-order valence-electron chi connectivity index (χ1n) is 10.7. The molecule has 2 heterocycles. The summed E-state index contributed by atoms with van der Waals surface area (Å²) in [6, 6.07) is 17.3. The molecule has 5 rings (SSSR count). The van der Waals surface area contributed by atoms with Crippen LogP contribution in [0.4, 0.5) is 10.7 Å². The molecular formula is C26H20BrN3O2S. The molecule has 7 heteroatoms. The number of aryl methyl sites for hydroxylation is 2. The number of benzene rings is 2. The van der Waals surface area contributed by atoms with Gasteiger partial charge in [-0.05, 0) is 74.6 Å². The standard InChI is InChI=1S/C26H20BrN3O2S/c1-15-6-9-18(10-7-15)29-24(31)20-13-16-12-17(27)8-11-22(16)32-25(20)30-26-21(14-28)19-4-2-3-5-23(19)33-26/h6-13H,2-5H2,1H3,(H,29,31). The molecule has 5 nitrogen and oxygen atoms in total. The molecule has 0 radical (unpaired) electrons. The zero-order chi connectivity index (χ0) is 22.9. The van der Waals surface area contributed by atoms with E-state index in [1.807, 2.05) is 49.4 Å². The average Bonchev–Trinajstić information content (AvgIpc) is 3.17. The minimum atomic E-state index is -0.317. The van der Waals surface area contributed by atoms with E-state index in [-0.39, 0.29) is 11.5 Å². The number of hydrogen-bond donors (Lipinski definition) is 1. The number of nitriles is 1. The monoisotopic (exact) mass is 517 g/mol. The molecule has 0 saturated heterocycles. The molecule has 0 fully saturated rings. The Kier molecular flexibility index (Phi) is 5.88. The SMILES string of the molecule is Cc1ccc(NC(=O)c2cc3cc(Br)ccc3oc2=Nc2sc3c(c2C#N)CCCC3)cc1. The highest BCUT2D eigenvalue weighted by atomic mass is 79.9. The highest BCUT2D eigenvalue weighted by molar-refractivity contribution is 9.10. The topological polar surface area (TPSA) is 78.4 Å². The van der Waals surface area contributed by atoms with Gasteiger partial charge in [-0.2, -0.15) is 5.26 Å². The van der Waals surface area contributed by atoms with Gasteiger partial charge in [-0.1, -0.05) is 33.6 Å². The van der Waals surface area contributed by atoms with E-state index in [9.17, 15) is 10.1 Å². The number of hydrogen-bond acceptors (Lipinski definition) is 5. The van der Waals surface area contributed by atoms with Gasteiger partial charge in [0.1, 0.15) is 22.2 Å². The van der Waals surface area contributed by atoms with Crippen LogP contribution < -0.4 is 10.9 Å². The van der Waals surface area contributed by atoms with Crippen LogP contribution in [0.5, 0.6) is 0 Å². The third-order valence-corrected chi connectivity index (χ3v) is 7.41. The Bertz CT molecular complexity index is 1490. The van der Waals surface area contributed by atoms with Crippen molar-refractivity contribution in [3.63, 3.8) is 0 Å². The minimum absolute atomic E-state index is 0.199. The summed E-state index contributed by atoms with van der Waals surface area (Å²) in [5.41, 5.74) is 4.63. The van der Waals surface area contributed by atoms with Gasteiger partial charge in [0.05, 0.1) is 5.56 Å². The summed E-state index contributed by atoms with van der Waals surface area (Å²) < 4.78 is 7.00. The Balaban J connectivity index is 1.67. The molecule has 0 saturated carbocycles. The fraction of sp³-hybridized carbons (Fsp3) is 0.192. The van der Waals surface area contributed by atoms with Crippen molar-refractivity contribution in [1.82, 2.24) is 0 Å². The van der Waals surface area contributed by atoms with Gasteiger partial charge in [-0.15, -0.1) is 11.3 Å². The maximum absolute atomic E-state index is 13.3. The average molecular weight is 518 g/mol. The number of thiophene rings is 1. The largest absolute Gasteiger partial charge is 0.437 e. The lowest BCUT2D eigenvalue weighted by atomic mass is 9.96. The number of rotatable bonds is 3. The molecule has 0 spiro atoms. The Morgan fingerprint density at radius 2 is 1.94 bits per heavy atom. The lowest BCUT2D eigenvalue weighted by molar-refractivity contribution is 0.102. The highest BCUT2D eigenvalue weighted by Crippen LogP contribution is 2.39. The number of carbonyl (C=O) groups excluding carboxylic acids is 1. The van der Waals surface area contributed by atoms with E-state index in [1.54, 1.807) is 6.07 Å². The van der Waals surface area contributed by atoms with Crippen molar-refractivity contribution in [2.45, 2.75) is 32.6 Å². The zero-order valence-electron chi connectivity index (χ0n) is 17.9. The Morgan fingerprint density at radius 1 is 1.15 bits per heavy atom. The van der Waals surface area contributed by atoms with Crippen LogP contribution in [0.25, 0.3) is 11.0 Å². The molecular weight excluding hydrogens is 498 g/mol. The predicted molar refractivity (Wildman–Crippen MR) is 134 cm³/mol. The summed E-state index contributed by atoms with van der Waals surface area (Å²) >= 11 is 5.00. The molecule has 0 aliphatic heterocycles. The Labute approximate surface area is 203 Å². The fourth-order valence-electron chi connectivity index (χ4n) is 4.02. The molecule has 1 amide bonds. The predicted octanol–water partition coefficient (Wildman–Crippen LogP) is 6.80. The van der Waals surface area contributed by atoms with Crippen molar-refractivity contribution in [3.05, 3.63) is 85.7 Å². The van der Waals surface area contributed by atoms with Crippen LogP contribution in [0, 0.1) is 18.3 Å². The molecule has 2 aromatic carbocycles. The molecule has 0 bridgehead atoms. The minimum Gasteiger partial charge on any atom is -0.437 e. The van der Waals surface area contributed by atoms with Gasteiger partial charge in [0.25, 0.3) is 5.91 Å². The van der Waals surface area contributed by atoms with E-state index in [0.29, 0.717) is 27.4 Å². The molecule has 2 aromatic heterocycles. The number of fused-ring (bicyclic) bond motifs is 2. The summed E-state index contributed by atoms with van der Waals surface area (Å²) in [6.45, 7) is 2.00. The van der Waals surface area contributed by atoms with Crippen LogP contribution in [0.1, 0.15) is 44.8 Å². The van der Waals surface area contributed by atoms with Crippen molar-refractivity contribution >= 4 is 54.8 Å². The summed E-state index contributed by atoms with van der Waals surface area (Å²) in [5, 5.41) is 14.1. The van der Waals surface area contributed by atoms with Gasteiger partial charge in [-0.3, -0.25) is 4.79 Å². The van der Waals surface area contributed by atoms with Gasteiger partial charge in [0.15, 0.2) is 0 Å². The van der Waals surface area contributed by atoms with E-state index < -0.39 is 0 Å². The first-order chi connectivity index (χ1) is 16.0. The van der Waals surface area contributed by atoms with Crippen LogP contribution in [0.15, 0.2) is 62.4 Å². The first kappa shape index (κ1) is 21.6. The number of nitrogens with zero attached hydrogens (tertiary/aromatic N) is 2. The quantitative estimate of drug-likeness (QED) is 0.324. The molecule has 1 aliphatic rings. The van der Waals surface area contributed by atoms with Crippen LogP contribution in [-0.4, -0.2) is 5.91 Å². The summed E-state index contributed by atoms with van der Waals surface area (Å²) in [6.07, 6.45) is 4.07. The molecule has 33 heavy (non-hydrogen) atoms. The van der Waals surface area contributed by atoms with E-state index in [1.165, 1.54) is 16.2 Å². The van der Waals surface area contributed by atoms with E-state index in [0.717, 1.165) is 46.7 Å². The van der Waals surface area contributed by atoms with Crippen LogP contribution in [-0.2, 0) is 12.8 Å². The van der Waals surface area contributed by atoms with Crippen molar-refractivity contribution in [1.29, 1.82) is 5.26 Å². The molecule has 0 unspecified atom stereocenters. The van der Waals surface area contributed by atoms with Crippen LogP contribution in [0.2, 0.25) is 0 Å². The van der Waals surface area contributed by atoms with Gasteiger partial charge in [0, 0.05) is 20.4 Å². The van der Waals surface area contributed by atoms with Crippen LogP contribution in [0.3, 0.4) is 0 Å². The van der Waals surface area contributed by atoms with Crippen LogP contribution >= 0.6 is 27.3 Å². The molecule has 4 aromatic rings.